The van der Waals surface area contributed by atoms with Crippen molar-refractivity contribution in [1.29, 1.82) is 0 Å². The Bertz CT molecular complexity index is 1750. The number of benzene rings is 2. The third-order valence-electron chi connectivity index (χ3n) is 8.41. The first-order valence-corrected chi connectivity index (χ1v) is 16.1. The van der Waals surface area contributed by atoms with Gasteiger partial charge in [-0.25, -0.2) is 13.2 Å². The molecule has 1 amide bonds. The zero-order valence-corrected chi connectivity index (χ0v) is 27.7. The van der Waals surface area contributed by atoms with Crippen LogP contribution in [0.3, 0.4) is 0 Å². The lowest BCUT2D eigenvalue weighted by Crippen LogP contribution is -2.78. The number of ether oxygens (including phenoxy) is 4. The number of fused-ring (bicyclic) bond motifs is 1. The van der Waals surface area contributed by atoms with Gasteiger partial charge in [0.2, 0.25) is 10.0 Å². The highest BCUT2D eigenvalue weighted by Gasteiger charge is 2.98. The van der Waals surface area contributed by atoms with Gasteiger partial charge in [0.15, 0.2) is 0 Å². The summed E-state index contributed by atoms with van der Waals surface area (Å²) in [5, 5.41) is 128. The maximum absolute atomic E-state index is 13.9. The van der Waals surface area contributed by atoms with E-state index in [0.717, 1.165) is 38.1 Å². The minimum atomic E-state index is -5.12. The zero-order chi connectivity index (χ0) is 39.6. The van der Waals surface area contributed by atoms with E-state index in [1.54, 1.807) is 6.07 Å². The molecule has 5 atom stereocenters. The summed E-state index contributed by atoms with van der Waals surface area (Å²) in [5.41, 5.74) is -1.41. The van der Waals surface area contributed by atoms with Gasteiger partial charge in [0.05, 0.1) is 17.5 Å². The van der Waals surface area contributed by atoms with Crippen LogP contribution in [0.25, 0.3) is 0 Å². The molecule has 0 aliphatic carbocycles. The highest BCUT2D eigenvalue weighted by atomic mass is 32.2. The molecule has 290 valence electrons. The number of rotatable bonds is 13. The second-order valence-electron chi connectivity index (χ2n) is 12.4. The Morgan fingerprint density at radius 3 is 1.98 bits per heavy atom. The average Bonchev–Trinajstić information content (AvgIpc) is 3.19. The van der Waals surface area contributed by atoms with Crippen molar-refractivity contribution < 1.29 is 98.2 Å². The number of nitrogens with one attached hydrogen (secondary N) is 1. The van der Waals surface area contributed by atoms with E-state index in [1.165, 1.54) is 24.3 Å². The van der Waals surface area contributed by atoms with Gasteiger partial charge in [0, 0.05) is 5.69 Å². The molecule has 0 radical (unpaired) electrons. The number of alkyl carbamates (subject to hydrolysis) is 1. The predicted octanol–water partition coefficient (Wildman–Crippen LogP) is -6.37. The van der Waals surface area contributed by atoms with Crippen LogP contribution in [0, 0.1) is 0 Å². The fourth-order valence-electron chi connectivity index (χ4n) is 5.40. The van der Waals surface area contributed by atoms with Crippen molar-refractivity contribution in [2.75, 3.05) is 12.3 Å². The molecule has 2 aromatic rings. The number of nitrogens with two attached hydrogens (primary N) is 1. The fraction of sp³-hybridized carbons (Fsp3) is 0.500. The van der Waals surface area contributed by atoms with E-state index < -0.39 is 92.7 Å². The number of carbonyl (C=O) groups is 2. The molecular weight excluding hydrogens is 730 g/mol. The summed E-state index contributed by atoms with van der Waals surface area (Å²) >= 11 is 0. The Hall–Kier alpha value is -3.67. The summed E-state index contributed by atoms with van der Waals surface area (Å²) in [6.07, 6.45) is -4.76. The van der Waals surface area contributed by atoms with Crippen molar-refractivity contribution in [3.8, 4) is 0 Å². The van der Waals surface area contributed by atoms with Crippen LogP contribution < -0.4 is 11.1 Å². The maximum Gasteiger partial charge on any atom is 0.410 e. The summed E-state index contributed by atoms with van der Waals surface area (Å²) < 4.78 is 45.3. The molecule has 0 spiro atoms. The van der Waals surface area contributed by atoms with Crippen molar-refractivity contribution in [2.24, 2.45) is 0 Å². The molecule has 2 fully saturated rings. The van der Waals surface area contributed by atoms with Crippen LogP contribution in [-0.4, -0.2) is 152 Å². The van der Waals surface area contributed by atoms with Crippen LogP contribution in [0.1, 0.15) is 19.4 Å². The molecule has 0 bridgehead atoms. The molecule has 52 heavy (non-hydrogen) atoms. The van der Waals surface area contributed by atoms with Gasteiger partial charge >= 0.3 is 29.8 Å². The third-order valence-corrected chi connectivity index (χ3v) is 10.3. The van der Waals surface area contributed by atoms with E-state index in [0.29, 0.717) is 0 Å². The van der Waals surface area contributed by atoms with Crippen molar-refractivity contribution >= 4 is 28.3 Å². The Balaban J connectivity index is 1.79. The number of carbonyl (C=O) groups excluding carboxylic acids is 2. The smallest absolute Gasteiger partial charge is 0.410 e. The summed E-state index contributed by atoms with van der Waals surface area (Å²) in [6, 6.07) is 9.70. The number of aliphatic hydroxyl groups is 12. The monoisotopic (exact) mass is 767 g/mol. The molecule has 15 N–H and O–H groups in total. The molecule has 5 unspecified atom stereocenters. The van der Waals surface area contributed by atoms with Gasteiger partial charge in [-0.15, -0.1) is 4.31 Å². The van der Waals surface area contributed by atoms with Gasteiger partial charge in [-0.1, -0.05) is 30.3 Å². The van der Waals surface area contributed by atoms with Crippen LogP contribution in [0.4, 0.5) is 10.5 Å². The Labute approximate surface area is 292 Å². The standard InChI is InChI=1S/C28H37N3O20S/c1-21(2,34)25(39,40)31(52(46,47)17-10-8-16(29)9-11-17)13-19(48-14-32)18(12-15-6-4-3-5-7-15)30-20(33)49-24(38)22(35)23(36,37)26(41,42)50-28(22,45)51-27(24,43)44/h3-11,14,18-19,34-45H,12-13,29H2,1-2H3,(H,30,33). The lowest BCUT2D eigenvalue weighted by molar-refractivity contribution is -0.530. The molecule has 23 nitrogen and oxygen atoms in total. The molecule has 2 aliphatic rings. The van der Waals surface area contributed by atoms with Crippen molar-refractivity contribution in [3.63, 3.8) is 0 Å². The molecule has 0 saturated carbocycles. The van der Waals surface area contributed by atoms with E-state index >= 15 is 0 Å². The van der Waals surface area contributed by atoms with Crippen LogP contribution in [0.2, 0.25) is 0 Å². The van der Waals surface area contributed by atoms with Gasteiger partial charge < -0.3 is 81.8 Å². The van der Waals surface area contributed by atoms with Gasteiger partial charge in [-0.2, -0.15) is 0 Å². The minimum Gasteiger partial charge on any atom is -0.461 e. The normalized spacial score (nSPS) is 27.8. The van der Waals surface area contributed by atoms with Gasteiger partial charge in [-0.3, -0.25) is 14.3 Å². The molecule has 2 aliphatic heterocycles. The van der Waals surface area contributed by atoms with E-state index in [1.807, 2.05) is 5.32 Å². The second-order valence-corrected chi connectivity index (χ2v) is 14.3. The number of nitrogens with zero attached hydrogens (tertiary/aromatic N) is 1. The quantitative estimate of drug-likeness (QED) is 0.0512. The first-order valence-electron chi connectivity index (χ1n) is 14.6. The Kier molecular flexibility index (Phi) is 10.3. The highest BCUT2D eigenvalue weighted by molar-refractivity contribution is 7.89. The summed E-state index contributed by atoms with van der Waals surface area (Å²) in [4.78, 5) is 24.5. The topological polar surface area (TPSA) is 389 Å². The van der Waals surface area contributed by atoms with Crippen LogP contribution >= 0.6 is 0 Å². The summed E-state index contributed by atoms with van der Waals surface area (Å²) in [5.74, 6) is -26.7. The van der Waals surface area contributed by atoms with Gasteiger partial charge in [0.25, 0.3) is 23.8 Å². The van der Waals surface area contributed by atoms with Crippen molar-refractivity contribution in [3.05, 3.63) is 60.2 Å². The Morgan fingerprint density at radius 1 is 0.923 bits per heavy atom. The van der Waals surface area contributed by atoms with Crippen molar-refractivity contribution in [2.45, 2.75) is 83.9 Å². The molecule has 24 heteroatoms. The molecule has 4 rings (SSSR count). The van der Waals surface area contributed by atoms with Crippen LogP contribution in [0.5, 0.6) is 0 Å². The number of amides is 1. The van der Waals surface area contributed by atoms with E-state index in [4.69, 9.17) is 10.5 Å². The third kappa shape index (κ3) is 6.36. The number of hydrogen-bond donors (Lipinski definition) is 14. The Morgan fingerprint density at radius 2 is 1.46 bits per heavy atom. The molecule has 0 aromatic heterocycles. The number of sulfonamides is 1. The number of nitrogen functional groups attached to an aromatic ring is 1. The SMILES string of the molecule is CC(C)(O)C(O)(O)N(CC(OC=O)C(Cc1ccccc1)NC(=O)OC1(O)C(O)(O)OC2(O)OC(O)(O)C(O)(O)C21O)S(=O)(=O)c1ccc(N)cc1. The highest BCUT2D eigenvalue weighted by Crippen LogP contribution is 2.61. The second kappa shape index (κ2) is 13.0. The molecule has 2 saturated heterocycles. The minimum absolute atomic E-state index is 0.0970. The molecule has 2 heterocycles. The first kappa shape index (κ1) is 41.1. The zero-order valence-electron chi connectivity index (χ0n) is 26.9. The van der Waals surface area contributed by atoms with Crippen LogP contribution in [-0.2, 0) is 40.2 Å². The lowest BCUT2D eigenvalue weighted by atomic mass is 9.83. The van der Waals surface area contributed by atoms with E-state index in [2.05, 4.69) is 14.2 Å². The summed E-state index contributed by atoms with van der Waals surface area (Å²) in [6.45, 7) is 0.0185. The van der Waals surface area contributed by atoms with E-state index in [9.17, 15) is 79.3 Å². The average molecular weight is 768 g/mol. The van der Waals surface area contributed by atoms with E-state index in [-0.39, 0.29) is 22.0 Å². The van der Waals surface area contributed by atoms with Gasteiger partial charge in [0.1, 0.15) is 11.7 Å². The number of anilines is 1. The number of hydrogen-bond acceptors (Lipinski definition) is 21. The van der Waals surface area contributed by atoms with Crippen molar-refractivity contribution in [1.82, 2.24) is 9.62 Å². The lowest BCUT2D eigenvalue weighted by Gasteiger charge is -2.43. The molecular formula is C28H37N3O20S. The predicted molar refractivity (Wildman–Crippen MR) is 161 cm³/mol. The maximum atomic E-state index is 13.9. The summed E-state index contributed by atoms with van der Waals surface area (Å²) in [7, 11) is -5.12. The first-order chi connectivity index (χ1) is 23.5. The largest absolute Gasteiger partial charge is 0.461 e. The molecule has 2 aromatic carbocycles. The van der Waals surface area contributed by atoms with Crippen LogP contribution in [0.15, 0.2) is 59.5 Å². The van der Waals surface area contributed by atoms with Gasteiger partial charge in [-0.05, 0) is 50.1 Å². The fourth-order valence-corrected chi connectivity index (χ4v) is 7.04.